The summed E-state index contributed by atoms with van der Waals surface area (Å²) in [5, 5.41) is 83.0. The van der Waals surface area contributed by atoms with Crippen molar-refractivity contribution in [3.8, 4) is 5.75 Å². The van der Waals surface area contributed by atoms with Gasteiger partial charge in [-0.2, -0.15) is 12.6 Å². The third-order valence-electron chi connectivity index (χ3n) is 20.3. The second-order valence-corrected chi connectivity index (χ2v) is 31.2. The number of guanidine groups is 2. The van der Waals surface area contributed by atoms with E-state index in [0.29, 0.717) is 30.4 Å². The van der Waals surface area contributed by atoms with Gasteiger partial charge < -0.3 is 145 Å². The van der Waals surface area contributed by atoms with Gasteiger partial charge in [0.05, 0.1) is 31.5 Å². The monoisotopic (exact) mass is 1750 g/mol. The number of likely N-dealkylation sites (tertiary alicyclic amines) is 2. The lowest BCUT2D eigenvalue weighted by Crippen LogP contribution is -2.62. The van der Waals surface area contributed by atoms with Gasteiger partial charge in [0.15, 0.2) is 11.9 Å². The number of aliphatic imine (C=N–C) groups is 2. The molecule has 0 aliphatic carbocycles. The van der Waals surface area contributed by atoms with Gasteiger partial charge in [0.2, 0.25) is 88.6 Å². The SMILES string of the molecule is CC(C)C[C@H](NC(=O)[C@@H]1CCCN1C(=O)[C@@H](NC(=O)[C@@H]1CCCN1C(=O)[C@H](Cc1ccc(O)cc1)NC(=O)[C@H](C)NC(=O)[C@H](CCCN=C(N)N)NC(=O)[C@H](CO)NC(=O)[C@H](Cc1ccccc1)NC(=O)[C@@H](N)CS)[C@@H](C)O)C(=O)N[C@@H](CCCN=C(N)N)C(=O)N[C@@H](CO)C(=O)N[C@@H](CCCCN)C(=O)N[C@@H](CCCCN)C(=O)N[C@H](C(N)=O)[C@@H](C)O. The van der Waals surface area contributed by atoms with Crippen LogP contribution in [-0.2, 0) is 84.8 Å². The predicted octanol–water partition coefficient (Wildman–Crippen LogP) is -9.10. The molecular formula is C78H128N24O20S. The number of nitrogens with zero attached hydrogens (tertiary/aromatic N) is 4. The number of hydrogen-bond acceptors (Lipinski definition) is 26. The Morgan fingerprint density at radius 3 is 1.25 bits per heavy atom. The summed E-state index contributed by atoms with van der Waals surface area (Å²) in [6.07, 6.45) is -1.95. The fourth-order valence-electron chi connectivity index (χ4n) is 13.5. The van der Waals surface area contributed by atoms with E-state index in [1.807, 2.05) is 0 Å². The molecule has 2 aromatic carbocycles. The molecule has 0 radical (unpaired) electrons. The van der Waals surface area contributed by atoms with E-state index in [4.69, 9.17) is 45.9 Å². The molecular weight excluding hydrogens is 1630 g/mol. The maximum Gasteiger partial charge on any atom is 0.248 e. The maximum absolute atomic E-state index is 15.0. The molecule has 2 aliphatic heterocycles. The lowest BCUT2D eigenvalue weighted by molar-refractivity contribution is -0.146. The van der Waals surface area contributed by atoms with Crippen molar-refractivity contribution < 1.29 is 97.5 Å². The van der Waals surface area contributed by atoms with Crippen LogP contribution in [-0.4, -0.2) is 297 Å². The van der Waals surface area contributed by atoms with Crippen LogP contribution < -0.4 is 110 Å². The number of benzene rings is 2. The smallest absolute Gasteiger partial charge is 0.248 e. The van der Waals surface area contributed by atoms with Crippen LogP contribution in [0.2, 0.25) is 0 Å². The van der Waals surface area contributed by atoms with Crippen molar-refractivity contribution >= 4 is 113 Å². The number of nitrogens with two attached hydrogens (primary N) is 8. The first-order valence-corrected chi connectivity index (χ1v) is 41.7. The van der Waals surface area contributed by atoms with Gasteiger partial charge in [0.25, 0.3) is 0 Å². The summed E-state index contributed by atoms with van der Waals surface area (Å²) in [6.45, 7) is 5.29. The van der Waals surface area contributed by atoms with Crippen molar-refractivity contribution in [1.82, 2.24) is 73.6 Å². The number of nitrogens with one attached hydrogen (secondary N) is 12. The minimum atomic E-state index is -1.79. The van der Waals surface area contributed by atoms with Crippen LogP contribution in [0.25, 0.3) is 0 Å². The quantitative estimate of drug-likeness (QED) is 0.0127. The zero-order valence-electron chi connectivity index (χ0n) is 70.2. The average Bonchev–Trinajstić information content (AvgIpc) is 1.69. The van der Waals surface area contributed by atoms with Gasteiger partial charge in [-0.15, -0.1) is 0 Å². The van der Waals surface area contributed by atoms with Crippen LogP contribution in [0.5, 0.6) is 5.75 Å². The number of amides is 15. The van der Waals surface area contributed by atoms with Crippen LogP contribution in [0.4, 0.5) is 0 Å². The Kier molecular flexibility index (Phi) is 45.5. The average molecular weight is 1750 g/mol. The molecule has 2 fully saturated rings. The fourth-order valence-corrected chi connectivity index (χ4v) is 13.7. The van der Waals surface area contributed by atoms with Gasteiger partial charge in [-0.25, -0.2) is 0 Å². The lowest BCUT2D eigenvalue weighted by Gasteiger charge is -2.33. The Morgan fingerprint density at radius 1 is 0.439 bits per heavy atom. The fraction of sp³-hybridized carbons (Fsp3) is 0.628. The highest BCUT2D eigenvalue weighted by Crippen LogP contribution is 2.25. The third kappa shape index (κ3) is 35.3. The summed E-state index contributed by atoms with van der Waals surface area (Å²) in [7, 11) is 0. The highest BCUT2D eigenvalue weighted by atomic mass is 32.1. The van der Waals surface area contributed by atoms with E-state index in [0.717, 1.165) is 4.90 Å². The summed E-state index contributed by atoms with van der Waals surface area (Å²) in [5.41, 5.74) is 45.9. The maximum atomic E-state index is 15.0. The van der Waals surface area contributed by atoms with Crippen LogP contribution >= 0.6 is 12.6 Å². The molecule has 123 heavy (non-hydrogen) atoms. The van der Waals surface area contributed by atoms with E-state index in [-0.39, 0.29) is 158 Å². The van der Waals surface area contributed by atoms with E-state index < -0.39 is 205 Å². The standard InChI is InChI=1S/C78H128N24O20S/c1-41(2)35-53(69(115)91-52(22-14-32-88-78(85)86)67(113)97-56(38-103)71(117)92-49(19-9-11-29-79)66(112)90-50(20-10-12-30-80)68(114)99-60(43(4)105)62(82)108)95-73(119)58-23-16-34-102(58)76(122)61(44(5)106)100-74(120)59-24-15-33-101(59)75(121)55(37-46-25-27-47(107)28-26-46)96-63(109)42(3)89-65(111)51(21-13-31-87-77(83)84)93-72(118)57(39-104)98-70(116)54(94-64(110)48(81)40-123)36-45-17-7-6-8-18-45/h6-8,17-18,25-28,41-44,48-61,103-107,123H,9-16,19-24,29-40,79-81H2,1-5H3,(H2,82,108)(H,89,111)(H,90,112)(H,91,115)(H,92,117)(H,93,118)(H,94,110)(H,95,119)(H,96,109)(H,97,113)(H,98,116)(H,99,114)(H,100,120)(H4,83,84,87)(H4,85,86,88)/t42-,43+,44+,48-,49-,50-,51-,52-,53-,54-,55-,56-,57-,58-,59-,60-,61-/m0/s1. The van der Waals surface area contributed by atoms with Crippen LogP contribution in [0.15, 0.2) is 64.6 Å². The minimum Gasteiger partial charge on any atom is -0.508 e. The number of hydrogen-bond donors (Lipinski definition) is 26. The lowest BCUT2D eigenvalue weighted by atomic mass is 10.0. The molecule has 0 spiro atoms. The number of unbranched alkanes of at least 4 members (excludes halogenated alkanes) is 2. The summed E-state index contributed by atoms with van der Waals surface area (Å²) < 4.78 is 0. The molecule has 2 aliphatic rings. The van der Waals surface area contributed by atoms with E-state index in [9.17, 15) is 92.7 Å². The molecule has 2 aromatic rings. The third-order valence-corrected chi connectivity index (χ3v) is 20.7. The molecule has 15 amide bonds. The zero-order valence-corrected chi connectivity index (χ0v) is 71.1. The molecule has 17 atom stereocenters. The number of carbonyl (C=O) groups is 15. The van der Waals surface area contributed by atoms with Crippen LogP contribution in [0, 0.1) is 5.92 Å². The number of rotatable bonds is 54. The van der Waals surface area contributed by atoms with E-state index >= 15 is 4.79 Å². The van der Waals surface area contributed by atoms with Gasteiger partial charge in [0.1, 0.15) is 90.3 Å². The molecule has 33 N–H and O–H groups in total. The Bertz CT molecular complexity index is 3900. The summed E-state index contributed by atoms with van der Waals surface area (Å²) in [5.74, 6) is -15.1. The summed E-state index contributed by atoms with van der Waals surface area (Å²) in [6, 6.07) is -7.96. The molecule has 686 valence electrons. The normalized spacial score (nSPS) is 17.3. The Balaban J connectivity index is 1.55. The number of phenolic OH excluding ortho intramolecular Hbond substituents is 1. The number of aromatic hydroxyl groups is 1. The van der Waals surface area contributed by atoms with E-state index in [2.05, 4.69) is 86.4 Å². The highest BCUT2D eigenvalue weighted by molar-refractivity contribution is 7.80. The first-order valence-electron chi connectivity index (χ1n) is 41.1. The number of primary amides is 1. The van der Waals surface area contributed by atoms with Gasteiger partial charge >= 0.3 is 0 Å². The number of aliphatic hydroxyl groups is 4. The molecule has 2 saturated heterocycles. The van der Waals surface area contributed by atoms with Crippen molar-refractivity contribution in [3.05, 3.63) is 65.7 Å². The molecule has 44 nitrogen and oxygen atoms in total. The number of thiol groups is 1. The number of carbonyl (C=O) groups excluding carboxylic acids is 15. The summed E-state index contributed by atoms with van der Waals surface area (Å²) in [4.78, 5) is 221. The molecule has 0 saturated carbocycles. The molecule has 4 rings (SSSR count). The topological polar surface area (TPSA) is 741 Å². The Morgan fingerprint density at radius 2 is 0.821 bits per heavy atom. The molecule has 0 unspecified atom stereocenters. The number of aliphatic hydroxyl groups excluding tert-OH is 4. The van der Waals surface area contributed by atoms with Crippen molar-refractivity contribution in [2.45, 2.75) is 247 Å². The molecule has 2 heterocycles. The highest BCUT2D eigenvalue weighted by Gasteiger charge is 2.45. The van der Waals surface area contributed by atoms with Crippen LogP contribution in [0.1, 0.15) is 142 Å². The van der Waals surface area contributed by atoms with Gasteiger partial charge in [-0.05, 0) is 159 Å². The largest absolute Gasteiger partial charge is 0.508 e. The predicted molar refractivity (Wildman–Crippen MR) is 454 cm³/mol. The number of phenols is 1. The second-order valence-electron chi connectivity index (χ2n) is 30.8. The van der Waals surface area contributed by atoms with E-state index in [1.54, 1.807) is 44.2 Å². The van der Waals surface area contributed by atoms with Crippen molar-refractivity contribution in [2.75, 3.05) is 58.2 Å². The second kappa shape index (κ2) is 53.7. The molecule has 45 heteroatoms. The van der Waals surface area contributed by atoms with Gasteiger partial charge in [-0.3, -0.25) is 81.9 Å². The van der Waals surface area contributed by atoms with Crippen molar-refractivity contribution in [3.63, 3.8) is 0 Å². The van der Waals surface area contributed by atoms with E-state index in [1.165, 1.54) is 49.9 Å². The van der Waals surface area contributed by atoms with Crippen LogP contribution in [0.3, 0.4) is 0 Å². The molecule has 0 aromatic heterocycles. The zero-order chi connectivity index (χ0) is 91.7. The van der Waals surface area contributed by atoms with Gasteiger partial charge in [0, 0.05) is 44.8 Å². The Labute approximate surface area is 719 Å². The van der Waals surface area contributed by atoms with Gasteiger partial charge in [-0.1, -0.05) is 56.3 Å². The molecule has 0 bridgehead atoms. The van der Waals surface area contributed by atoms with Crippen molar-refractivity contribution in [1.29, 1.82) is 0 Å². The first-order chi connectivity index (χ1) is 58.3. The first kappa shape index (κ1) is 104. The van der Waals surface area contributed by atoms with Crippen molar-refractivity contribution in [2.24, 2.45) is 61.8 Å². The Hall–Kier alpha value is -11.1. The minimum absolute atomic E-state index is 0.000239. The summed E-state index contributed by atoms with van der Waals surface area (Å²) >= 11 is 4.06.